The Balaban J connectivity index is 2.26. The summed E-state index contributed by atoms with van der Waals surface area (Å²) in [6.45, 7) is 4.61. The Morgan fingerprint density at radius 2 is 2.26 bits per heavy atom. The lowest BCUT2D eigenvalue weighted by Gasteiger charge is -2.28. The van der Waals surface area contributed by atoms with Crippen molar-refractivity contribution < 1.29 is 0 Å². The van der Waals surface area contributed by atoms with Gasteiger partial charge in [0.2, 0.25) is 0 Å². The number of nitrogens with zero attached hydrogens (tertiary/aromatic N) is 2. The molecule has 1 saturated carbocycles. The van der Waals surface area contributed by atoms with Crippen LogP contribution in [0.4, 0.5) is 0 Å². The Kier molecular flexibility index (Phi) is 2.75. The molecule has 4 heteroatoms. The third kappa shape index (κ3) is 1.89. The molecular formula is C15H17N3S. The SMILES string of the molecule is CC1(C)CCCC1n1c(=S)[nH]c2ccc(C#N)cc21. The molecule has 1 atom stereocenters. The number of rotatable bonds is 1. The van der Waals surface area contributed by atoms with Gasteiger partial charge in [0.1, 0.15) is 0 Å². The number of nitrogens with one attached hydrogen (secondary N) is 1. The van der Waals surface area contributed by atoms with Gasteiger partial charge in [0, 0.05) is 6.04 Å². The van der Waals surface area contributed by atoms with Gasteiger partial charge in [-0.3, -0.25) is 0 Å². The third-order valence-electron chi connectivity index (χ3n) is 4.36. The number of fused-ring (bicyclic) bond motifs is 1. The molecule has 1 unspecified atom stereocenters. The summed E-state index contributed by atoms with van der Waals surface area (Å²) in [5.74, 6) is 0. The highest BCUT2D eigenvalue weighted by Gasteiger charge is 2.36. The first-order chi connectivity index (χ1) is 9.03. The third-order valence-corrected chi connectivity index (χ3v) is 4.66. The summed E-state index contributed by atoms with van der Waals surface area (Å²) < 4.78 is 2.99. The van der Waals surface area contributed by atoms with E-state index in [4.69, 9.17) is 17.5 Å². The average molecular weight is 271 g/mol. The van der Waals surface area contributed by atoms with Crippen molar-refractivity contribution in [2.75, 3.05) is 0 Å². The van der Waals surface area contributed by atoms with Gasteiger partial charge < -0.3 is 9.55 Å². The minimum Gasteiger partial charge on any atom is -0.331 e. The lowest BCUT2D eigenvalue weighted by atomic mass is 9.87. The fraction of sp³-hybridized carbons (Fsp3) is 0.467. The van der Waals surface area contributed by atoms with Gasteiger partial charge in [-0.05, 0) is 48.7 Å². The van der Waals surface area contributed by atoms with E-state index in [1.54, 1.807) is 0 Å². The largest absolute Gasteiger partial charge is 0.331 e. The van der Waals surface area contributed by atoms with E-state index in [9.17, 15) is 0 Å². The van der Waals surface area contributed by atoms with Crippen LogP contribution in [-0.2, 0) is 0 Å². The quantitative estimate of drug-likeness (QED) is 0.785. The minimum absolute atomic E-state index is 0.260. The normalized spacial score (nSPS) is 21.6. The molecule has 19 heavy (non-hydrogen) atoms. The summed E-state index contributed by atoms with van der Waals surface area (Å²) in [5.41, 5.74) is 3.03. The fourth-order valence-corrected chi connectivity index (χ4v) is 3.62. The molecule has 98 valence electrons. The van der Waals surface area contributed by atoms with Gasteiger partial charge in [0.25, 0.3) is 0 Å². The van der Waals surface area contributed by atoms with Crippen LogP contribution < -0.4 is 0 Å². The summed E-state index contributed by atoms with van der Waals surface area (Å²) >= 11 is 5.50. The van der Waals surface area contributed by atoms with Gasteiger partial charge in [-0.1, -0.05) is 20.3 Å². The second-order valence-electron chi connectivity index (χ2n) is 6.04. The zero-order chi connectivity index (χ0) is 13.6. The molecule has 1 fully saturated rings. The van der Waals surface area contributed by atoms with Crippen molar-refractivity contribution in [3.63, 3.8) is 0 Å². The van der Waals surface area contributed by atoms with E-state index in [0.29, 0.717) is 11.6 Å². The van der Waals surface area contributed by atoms with E-state index >= 15 is 0 Å². The summed E-state index contributed by atoms with van der Waals surface area (Å²) in [5, 5.41) is 9.07. The van der Waals surface area contributed by atoms with Crippen LogP contribution in [0.25, 0.3) is 11.0 Å². The van der Waals surface area contributed by atoms with Crippen LogP contribution in [0.3, 0.4) is 0 Å². The van der Waals surface area contributed by atoms with Crippen molar-refractivity contribution in [1.29, 1.82) is 5.26 Å². The monoisotopic (exact) mass is 271 g/mol. The lowest BCUT2D eigenvalue weighted by molar-refractivity contribution is 0.264. The van der Waals surface area contributed by atoms with E-state index in [2.05, 4.69) is 29.5 Å². The van der Waals surface area contributed by atoms with Gasteiger partial charge in [-0.25, -0.2) is 0 Å². The first-order valence-electron chi connectivity index (χ1n) is 6.67. The first-order valence-corrected chi connectivity index (χ1v) is 7.08. The molecule has 1 aliphatic carbocycles. The Morgan fingerprint density at radius 3 is 2.89 bits per heavy atom. The summed E-state index contributed by atoms with van der Waals surface area (Å²) in [6.07, 6.45) is 3.62. The first kappa shape index (κ1) is 12.4. The Bertz CT molecular complexity index is 730. The number of imidazole rings is 1. The van der Waals surface area contributed by atoms with E-state index in [0.717, 1.165) is 22.2 Å². The summed E-state index contributed by atoms with van der Waals surface area (Å²) in [4.78, 5) is 3.26. The standard InChI is InChI=1S/C15H17N3S/c1-15(2)7-3-4-13(15)18-12-8-10(9-16)5-6-11(12)17-14(18)19/h5-6,8,13H,3-4,7H2,1-2H3,(H,17,19). The zero-order valence-corrected chi connectivity index (χ0v) is 12.0. The predicted octanol–water partition coefficient (Wildman–Crippen LogP) is 4.32. The second kappa shape index (κ2) is 4.21. The van der Waals surface area contributed by atoms with Crippen LogP contribution in [0.15, 0.2) is 18.2 Å². The van der Waals surface area contributed by atoms with E-state index in [-0.39, 0.29) is 5.41 Å². The maximum absolute atomic E-state index is 9.07. The van der Waals surface area contributed by atoms with Crippen molar-refractivity contribution in [2.24, 2.45) is 5.41 Å². The van der Waals surface area contributed by atoms with Gasteiger partial charge in [-0.15, -0.1) is 0 Å². The number of aromatic amines is 1. The van der Waals surface area contributed by atoms with Crippen LogP contribution in [0, 0.1) is 21.5 Å². The highest BCUT2D eigenvalue weighted by molar-refractivity contribution is 7.71. The molecule has 0 radical (unpaired) electrons. The Morgan fingerprint density at radius 1 is 1.47 bits per heavy atom. The summed E-state index contributed by atoms with van der Waals surface area (Å²) in [6, 6.07) is 8.34. The van der Waals surface area contributed by atoms with E-state index in [1.807, 2.05) is 18.2 Å². The van der Waals surface area contributed by atoms with Gasteiger partial charge in [0.15, 0.2) is 4.77 Å². The minimum atomic E-state index is 0.260. The topological polar surface area (TPSA) is 44.5 Å². The summed E-state index contributed by atoms with van der Waals surface area (Å²) in [7, 11) is 0. The van der Waals surface area contributed by atoms with E-state index in [1.165, 1.54) is 12.8 Å². The molecule has 0 spiro atoms. The molecule has 3 nitrogen and oxygen atoms in total. The predicted molar refractivity (Wildman–Crippen MR) is 78.5 cm³/mol. The molecule has 1 heterocycles. The maximum atomic E-state index is 9.07. The van der Waals surface area contributed by atoms with Crippen molar-refractivity contribution in [3.05, 3.63) is 28.5 Å². The van der Waals surface area contributed by atoms with Crippen LogP contribution in [0.5, 0.6) is 0 Å². The van der Waals surface area contributed by atoms with Crippen LogP contribution in [0.2, 0.25) is 0 Å². The second-order valence-corrected chi connectivity index (χ2v) is 6.43. The molecule has 1 aliphatic rings. The fourth-order valence-electron chi connectivity index (χ4n) is 3.29. The van der Waals surface area contributed by atoms with Crippen LogP contribution >= 0.6 is 12.2 Å². The zero-order valence-electron chi connectivity index (χ0n) is 11.2. The molecule has 1 aromatic carbocycles. The number of hydrogen-bond donors (Lipinski definition) is 1. The van der Waals surface area contributed by atoms with Crippen LogP contribution in [0.1, 0.15) is 44.7 Å². The van der Waals surface area contributed by atoms with Crippen molar-refractivity contribution in [1.82, 2.24) is 9.55 Å². The molecule has 1 aromatic heterocycles. The number of hydrogen-bond acceptors (Lipinski definition) is 2. The molecule has 0 saturated heterocycles. The van der Waals surface area contributed by atoms with Gasteiger partial charge in [0.05, 0.1) is 22.7 Å². The Hall–Kier alpha value is -1.60. The number of aromatic nitrogens is 2. The lowest BCUT2D eigenvalue weighted by Crippen LogP contribution is -2.21. The van der Waals surface area contributed by atoms with Gasteiger partial charge in [-0.2, -0.15) is 5.26 Å². The Labute approximate surface area is 117 Å². The number of nitriles is 1. The average Bonchev–Trinajstić information content (AvgIpc) is 2.86. The highest BCUT2D eigenvalue weighted by atomic mass is 32.1. The van der Waals surface area contributed by atoms with E-state index < -0.39 is 0 Å². The number of H-pyrrole nitrogens is 1. The highest BCUT2D eigenvalue weighted by Crippen LogP contribution is 2.47. The molecule has 2 aromatic rings. The molecule has 0 aliphatic heterocycles. The molecule has 0 bridgehead atoms. The molecular weight excluding hydrogens is 254 g/mol. The van der Waals surface area contributed by atoms with Crippen molar-refractivity contribution in [2.45, 2.75) is 39.2 Å². The number of benzene rings is 1. The molecule has 1 N–H and O–H groups in total. The van der Waals surface area contributed by atoms with Crippen molar-refractivity contribution >= 4 is 23.3 Å². The smallest absolute Gasteiger partial charge is 0.178 e. The molecule has 0 amide bonds. The van der Waals surface area contributed by atoms with Crippen LogP contribution in [-0.4, -0.2) is 9.55 Å². The van der Waals surface area contributed by atoms with Gasteiger partial charge >= 0.3 is 0 Å². The molecule has 3 rings (SSSR count). The maximum Gasteiger partial charge on any atom is 0.178 e. The van der Waals surface area contributed by atoms with Crippen molar-refractivity contribution in [3.8, 4) is 6.07 Å².